The van der Waals surface area contributed by atoms with Gasteiger partial charge in [0.25, 0.3) is 0 Å². The number of nitrogens with two attached hydrogens (primary N) is 1. The van der Waals surface area contributed by atoms with Gasteiger partial charge in [-0.1, -0.05) is 30.3 Å². The molecule has 20 heavy (non-hydrogen) atoms. The van der Waals surface area contributed by atoms with Crippen molar-refractivity contribution in [3.8, 4) is 5.75 Å². The summed E-state index contributed by atoms with van der Waals surface area (Å²) in [6.45, 7) is 1.88. The smallest absolute Gasteiger partial charge is 0.127 e. The van der Waals surface area contributed by atoms with E-state index in [1.165, 1.54) is 22.0 Å². The lowest BCUT2D eigenvalue weighted by atomic mass is 10.1. The van der Waals surface area contributed by atoms with Crippen LogP contribution in [0.4, 0.5) is 0 Å². The quantitative estimate of drug-likeness (QED) is 0.732. The summed E-state index contributed by atoms with van der Waals surface area (Å²) >= 11 is 0. The number of nitrogens with one attached hydrogen (secondary N) is 1. The van der Waals surface area contributed by atoms with E-state index in [0.717, 1.165) is 18.8 Å². The van der Waals surface area contributed by atoms with Crippen LogP contribution in [0.2, 0.25) is 0 Å². The van der Waals surface area contributed by atoms with Crippen molar-refractivity contribution < 1.29 is 10.1 Å². The van der Waals surface area contributed by atoms with E-state index in [2.05, 4.69) is 52.9 Å². The first-order valence-corrected chi connectivity index (χ1v) is 6.87. The minimum atomic E-state index is 0.920. The van der Waals surface area contributed by atoms with Gasteiger partial charge in [-0.25, -0.2) is 0 Å². The molecule has 1 heterocycles. The Morgan fingerprint density at radius 1 is 0.950 bits per heavy atom. The van der Waals surface area contributed by atoms with Crippen LogP contribution in [0, 0.1) is 0 Å². The van der Waals surface area contributed by atoms with Crippen LogP contribution in [-0.2, 0) is 13.1 Å². The Balaban J connectivity index is 1.68. The molecule has 0 amide bonds. The molecular weight excluding hydrogens is 248 g/mol. The summed E-state index contributed by atoms with van der Waals surface area (Å²) in [7, 11) is 1.72. The van der Waals surface area contributed by atoms with E-state index in [0.29, 0.717) is 0 Å². The zero-order valence-electron chi connectivity index (χ0n) is 11.6. The van der Waals surface area contributed by atoms with Crippen LogP contribution in [-0.4, -0.2) is 12.1 Å². The molecule has 3 N–H and O–H groups in total. The van der Waals surface area contributed by atoms with Crippen molar-refractivity contribution in [3.05, 3.63) is 65.9 Å². The molecule has 0 radical (unpaired) electrons. The number of hydrogen-bond donors (Lipinski definition) is 2. The van der Waals surface area contributed by atoms with Crippen LogP contribution in [0.5, 0.6) is 5.75 Å². The van der Waals surface area contributed by atoms with Crippen molar-refractivity contribution >= 4 is 10.9 Å². The summed E-state index contributed by atoms with van der Waals surface area (Å²) in [5, 5.41) is 3.61. The molecular formula is C17H19N2O+. The highest BCUT2D eigenvalue weighted by Crippen LogP contribution is 2.17. The number of H-pyrrole nitrogens is 1. The third kappa shape index (κ3) is 2.53. The summed E-state index contributed by atoms with van der Waals surface area (Å²) in [4.78, 5) is 3.31. The molecule has 1 aromatic heterocycles. The van der Waals surface area contributed by atoms with Crippen LogP contribution in [0.3, 0.4) is 0 Å². The van der Waals surface area contributed by atoms with Crippen LogP contribution in [0.15, 0.2) is 54.7 Å². The number of para-hydroxylation sites is 2. The molecule has 3 rings (SSSR count). The lowest BCUT2D eigenvalue weighted by Crippen LogP contribution is -2.80. The van der Waals surface area contributed by atoms with Gasteiger partial charge < -0.3 is 15.0 Å². The molecule has 0 spiro atoms. The van der Waals surface area contributed by atoms with Gasteiger partial charge in [0, 0.05) is 28.2 Å². The summed E-state index contributed by atoms with van der Waals surface area (Å²) in [5.41, 5.74) is 3.78. The van der Waals surface area contributed by atoms with Crippen LogP contribution in [0.1, 0.15) is 11.1 Å². The third-order valence-corrected chi connectivity index (χ3v) is 3.60. The SMILES string of the molecule is COc1ccccc1C[NH2+]Cc1c[nH]c2ccccc12. The predicted octanol–water partition coefficient (Wildman–Crippen LogP) is 2.44. The zero-order chi connectivity index (χ0) is 13.8. The monoisotopic (exact) mass is 267 g/mol. The highest BCUT2D eigenvalue weighted by Gasteiger charge is 2.06. The van der Waals surface area contributed by atoms with Gasteiger partial charge in [-0.05, 0) is 18.2 Å². The van der Waals surface area contributed by atoms with Crippen molar-refractivity contribution in [3.63, 3.8) is 0 Å². The largest absolute Gasteiger partial charge is 0.496 e. The Morgan fingerprint density at radius 3 is 2.60 bits per heavy atom. The average Bonchev–Trinajstić information content (AvgIpc) is 2.91. The lowest BCUT2D eigenvalue weighted by Gasteiger charge is -2.06. The van der Waals surface area contributed by atoms with Gasteiger partial charge in [0.1, 0.15) is 18.8 Å². The van der Waals surface area contributed by atoms with Gasteiger partial charge >= 0.3 is 0 Å². The second-order valence-electron chi connectivity index (χ2n) is 4.87. The number of quaternary nitrogens is 1. The van der Waals surface area contributed by atoms with E-state index >= 15 is 0 Å². The normalized spacial score (nSPS) is 10.8. The number of fused-ring (bicyclic) bond motifs is 1. The number of aromatic amines is 1. The molecule has 0 aliphatic carbocycles. The third-order valence-electron chi connectivity index (χ3n) is 3.60. The summed E-state index contributed by atoms with van der Waals surface area (Å²) < 4.78 is 5.38. The van der Waals surface area contributed by atoms with E-state index in [1.54, 1.807) is 7.11 Å². The molecule has 3 heteroatoms. The molecule has 0 aliphatic rings. The molecule has 2 aromatic carbocycles. The number of benzene rings is 2. The number of rotatable bonds is 5. The fourth-order valence-corrected chi connectivity index (χ4v) is 2.56. The van der Waals surface area contributed by atoms with Gasteiger partial charge in [-0.15, -0.1) is 0 Å². The van der Waals surface area contributed by atoms with Gasteiger partial charge in [0.2, 0.25) is 0 Å². The minimum Gasteiger partial charge on any atom is -0.496 e. The second-order valence-corrected chi connectivity index (χ2v) is 4.87. The van der Waals surface area contributed by atoms with E-state index in [9.17, 15) is 0 Å². The van der Waals surface area contributed by atoms with Crippen molar-refractivity contribution in [2.45, 2.75) is 13.1 Å². The fraction of sp³-hybridized carbons (Fsp3) is 0.176. The zero-order valence-corrected chi connectivity index (χ0v) is 11.6. The Bertz CT molecular complexity index is 703. The van der Waals surface area contributed by atoms with Crippen molar-refractivity contribution in [2.75, 3.05) is 7.11 Å². The molecule has 0 bridgehead atoms. The standard InChI is InChI=1S/C17H18N2O/c1-20-17-9-5-2-6-13(17)10-18-11-14-12-19-16-8-4-3-7-15(14)16/h2-9,12,18-19H,10-11H2,1H3/p+1. The van der Waals surface area contributed by atoms with Crippen molar-refractivity contribution in [1.29, 1.82) is 0 Å². The number of ether oxygens (including phenoxy) is 1. The van der Waals surface area contributed by atoms with Gasteiger partial charge in [0.15, 0.2) is 0 Å². The summed E-state index contributed by atoms with van der Waals surface area (Å²) in [6, 6.07) is 16.6. The Hall–Kier alpha value is -2.26. The average molecular weight is 267 g/mol. The Kier molecular flexibility index (Phi) is 3.70. The van der Waals surface area contributed by atoms with E-state index in [1.807, 2.05) is 12.1 Å². The Labute approximate surface area is 118 Å². The number of hydrogen-bond acceptors (Lipinski definition) is 1. The summed E-state index contributed by atoms with van der Waals surface area (Å²) in [5.74, 6) is 0.961. The van der Waals surface area contributed by atoms with Gasteiger partial charge in [0.05, 0.1) is 7.11 Å². The lowest BCUT2D eigenvalue weighted by molar-refractivity contribution is -0.686. The van der Waals surface area contributed by atoms with E-state index in [-0.39, 0.29) is 0 Å². The molecule has 0 atom stereocenters. The minimum absolute atomic E-state index is 0.920. The van der Waals surface area contributed by atoms with E-state index < -0.39 is 0 Å². The molecule has 0 aliphatic heterocycles. The fourth-order valence-electron chi connectivity index (χ4n) is 2.56. The van der Waals surface area contributed by atoms with Gasteiger partial charge in [-0.2, -0.15) is 0 Å². The number of aromatic nitrogens is 1. The van der Waals surface area contributed by atoms with Crippen LogP contribution in [0.25, 0.3) is 10.9 Å². The van der Waals surface area contributed by atoms with Crippen LogP contribution >= 0.6 is 0 Å². The molecule has 0 fully saturated rings. The van der Waals surface area contributed by atoms with Crippen LogP contribution < -0.4 is 10.1 Å². The first kappa shape index (κ1) is 12.8. The predicted molar refractivity (Wildman–Crippen MR) is 80.6 cm³/mol. The first-order chi connectivity index (χ1) is 9.88. The number of methoxy groups -OCH3 is 1. The molecule has 3 nitrogen and oxygen atoms in total. The maximum atomic E-state index is 5.38. The molecule has 3 aromatic rings. The molecule has 0 saturated carbocycles. The topological polar surface area (TPSA) is 41.6 Å². The maximum absolute atomic E-state index is 5.38. The molecule has 102 valence electrons. The second kappa shape index (κ2) is 5.80. The van der Waals surface area contributed by atoms with Gasteiger partial charge in [-0.3, -0.25) is 0 Å². The maximum Gasteiger partial charge on any atom is 0.127 e. The van der Waals surface area contributed by atoms with E-state index in [4.69, 9.17) is 4.74 Å². The highest BCUT2D eigenvalue weighted by molar-refractivity contribution is 5.82. The summed E-state index contributed by atoms with van der Waals surface area (Å²) in [6.07, 6.45) is 2.10. The van der Waals surface area contributed by atoms with Crippen molar-refractivity contribution in [2.24, 2.45) is 0 Å². The Morgan fingerprint density at radius 2 is 1.70 bits per heavy atom. The highest BCUT2D eigenvalue weighted by atomic mass is 16.5. The van der Waals surface area contributed by atoms with Crippen molar-refractivity contribution in [1.82, 2.24) is 4.98 Å². The first-order valence-electron chi connectivity index (χ1n) is 6.87. The molecule has 0 saturated heterocycles. The molecule has 0 unspecified atom stereocenters.